The lowest BCUT2D eigenvalue weighted by Gasteiger charge is -2.18. The Labute approximate surface area is 118 Å². The summed E-state index contributed by atoms with van der Waals surface area (Å²) >= 11 is 0. The first kappa shape index (κ1) is 12.7. The normalized spacial score (nSPS) is 13.1. The first-order valence-electron chi connectivity index (χ1n) is 6.83. The van der Waals surface area contributed by atoms with Crippen LogP contribution in [0.4, 0.5) is 5.82 Å². The quantitative estimate of drug-likeness (QED) is 0.926. The second-order valence-corrected chi connectivity index (χ2v) is 4.57. The molecule has 1 aromatic carbocycles. The van der Waals surface area contributed by atoms with Gasteiger partial charge in [-0.1, -0.05) is 6.92 Å². The Morgan fingerprint density at radius 2 is 2.00 bits per heavy atom. The smallest absolute Gasteiger partial charge is 0.162 e. The molecule has 0 amide bonds. The molecular formula is C15H17N3O2. The van der Waals surface area contributed by atoms with Crippen LogP contribution in [0, 0.1) is 0 Å². The SMILES string of the molecule is CCCNc1cncc(-c2ccc3c(c2)OCCO3)n1. The maximum absolute atomic E-state index is 5.59. The van der Waals surface area contributed by atoms with Crippen LogP contribution in [0.1, 0.15) is 13.3 Å². The monoisotopic (exact) mass is 271 g/mol. The lowest BCUT2D eigenvalue weighted by atomic mass is 10.1. The highest BCUT2D eigenvalue weighted by molar-refractivity contribution is 5.64. The Morgan fingerprint density at radius 1 is 1.15 bits per heavy atom. The Bertz CT molecular complexity index is 601. The molecule has 0 spiro atoms. The molecule has 0 fully saturated rings. The van der Waals surface area contributed by atoms with E-state index in [1.54, 1.807) is 12.4 Å². The van der Waals surface area contributed by atoms with Gasteiger partial charge >= 0.3 is 0 Å². The molecule has 0 radical (unpaired) electrons. The largest absolute Gasteiger partial charge is 0.486 e. The van der Waals surface area contributed by atoms with Gasteiger partial charge in [-0.05, 0) is 24.6 Å². The van der Waals surface area contributed by atoms with Gasteiger partial charge in [0, 0.05) is 12.1 Å². The van der Waals surface area contributed by atoms with Gasteiger partial charge < -0.3 is 14.8 Å². The third-order valence-corrected chi connectivity index (χ3v) is 3.03. The van der Waals surface area contributed by atoms with Crippen molar-refractivity contribution in [3.05, 3.63) is 30.6 Å². The van der Waals surface area contributed by atoms with Gasteiger partial charge in [0.15, 0.2) is 11.5 Å². The highest BCUT2D eigenvalue weighted by Crippen LogP contribution is 2.33. The van der Waals surface area contributed by atoms with Crippen molar-refractivity contribution in [1.29, 1.82) is 0 Å². The van der Waals surface area contributed by atoms with Crippen molar-refractivity contribution >= 4 is 5.82 Å². The van der Waals surface area contributed by atoms with Gasteiger partial charge in [-0.25, -0.2) is 4.98 Å². The number of nitrogens with zero attached hydrogens (tertiary/aromatic N) is 2. The molecule has 1 aliphatic heterocycles. The van der Waals surface area contributed by atoms with Gasteiger partial charge in [-0.15, -0.1) is 0 Å². The van der Waals surface area contributed by atoms with Crippen molar-refractivity contribution in [1.82, 2.24) is 9.97 Å². The van der Waals surface area contributed by atoms with Crippen LogP contribution in [-0.2, 0) is 0 Å². The van der Waals surface area contributed by atoms with Crippen LogP contribution in [0.5, 0.6) is 11.5 Å². The van der Waals surface area contributed by atoms with E-state index in [9.17, 15) is 0 Å². The van der Waals surface area contributed by atoms with E-state index in [1.165, 1.54) is 0 Å². The second kappa shape index (κ2) is 5.77. The number of rotatable bonds is 4. The first-order valence-corrected chi connectivity index (χ1v) is 6.83. The number of aromatic nitrogens is 2. The number of fused-ring (bicyclic) bond motifs is 1. The number of ether oxygens (including phenoxy) is 2. The molecule has 0 atom stereocenters. The molecule has 5 heteroatoms. The van der Waals surface area contributed by atoms with E-state index in [-0.39, 0.29) is 0 Å². The molecule has 3 rings (SSSR count). The van der Waals surface area contributed by atoms with E-state index < -0.39 is 0 Å². The van der Waals surface area contributed by atoms with Gasteiger partial charge in [-0.3, -0.25) is 4.98 Å². The summed E-state index contributed by atoms with van der Waals surface area (Å²) in [6.07, 6.45) is 4.54. The van der Waals surface area contributed by atoms with Crippen molar-refractivity contribution in [2.45, 2.75) is 13.3 Å². The third-order valence-electron chi connectivity index (χ3n) is 3.03. The molecule has 0 saturated carbocycles. The molecule has 0 unspecified atom stereocenters. The summed E-state index contributed by atoms with van der Waals surface area (Å²) in [5.74, 6) is 2.34. The minimum Gasteiger partial charge on any atom is -0.486 e. The Kier molecular flexibility index (Phi) is 3.67. The van der Waals surface area contributed by atoms with Crippen molar-refractivity contribution in [3.8, 4) is 22.8 Å². The molecule has 104 valence electrons. The minimum atomic E-state index is 0.584. The van der Waals surface area contributed by atoms with Crippen LogP contribution in [0.3, 0.4) is 0 Å². The predicted molar refractivity (Wildman–Crippen MR) is 77.2 cm³/mol. The topological polar surface area (TPSA) is 56.3 Å². The summed E-state index contributed by atoms with van der Waals surface area (Å²) in [5, 5.41) is 3.24. The Hall–Kier alpha value is -2.30. The van der Waals surface area contributed by atoms with Crippen LogP contribution in [0.2, 0.25) is 0 Å². The summed E-state index contributed by atoms with van der Waals surface area (Å²) in [7, 11) is 0. The second-order valence-electron chi connectivity index (χ2n) is 4.57. The van der Waals surface area contributed by atoms with Crippen LogP contribution in [-0.4, -0.2) is 29.7 Å². The zero-order chi connectivity index (χ0) is 13.8. The lowest BCUT2D eigenvalue weighted by molar-refractivity contribution is 0.171. The average molecular weight is 271 g/mol. The van der Waals surface area contributed by atoms with Crippen molar-refractivity contribution < 1.29 is 9.47 Å². The zero-order valence-corrected chi connectivity index (χ0v) is 11.4. The van der Waals surface area contributed by atoms with Gasteiger partial charge in [0.25, 0.3) is 0 Å². The maximum Gasteiger partial charge on any atom is 0.162 e. The van der Waals surface area contributed by atoms with Crippen LogP contribution >= 0.6 is 0 Å². The van der Waals surface area contributed by atoms with E-state index in [0.717, 1.165) is 41.5 Å². The molecule has 2 heterocycles. The standard InChI is InChI=1S/C15H17N3O2/c1-2-5-17-15-10-16-9-12(18-15)11-3-4-13-14(8-11)20-7-6-19-13/h3-4,8-10H,2,5-7H2,1H3,(H,17,18). The van der Waals surface area contributed by atoms with E-state index in [0.29, 0.717) is 13.2 Å². The lowest BCUT2D eigenvalue weighted by Crippen LogP contribution is -2.15. The molecule has 0 bridgehead atoms. The Balaban J connectivity index is 1.88. The minimum absolute atomic E-state index is 0.584. The van der Waals surface area contributed by atoms with Crippen molar-refractivity contribution in [3.63, 3.8) is 0 Å². The molecule has 1 N–H and O–H groups in total. The highest BCUT2D eigenvalue weighted by atomic mass is 16.6. The Morgan fingerprint density at radius 3 is 2.85 bits per heavy atom. The number of anilines is 1. The molecule has 0 aliphatic carbocycles. The van der Waals surface area contributed by atoms with Gasteiger partial charge in [0.2, 0.25) is 0 Å². The van der Waals surface area contributed by atoms with E-state index in [4.69, 9.17) is 9.47 Å². The molecule has 20 heavy (non-hydrogen) atoms. The molecule has 1 aromatic heterocycles. The number of nitrogens with one attached hydrogen (secondary N) is 1. The zero-order valence-electron chi connectivity index (χ0n) is 11.4. The molecule has 2 aromatic rings. The maximum atomic E-state index is 5.59. The molecule has 0 saturated heterocycles. The van der Waals surface area contributed by atoms with E-state index in [1.807, 2.05) is 18.2 Å². The van der Waals surface area contributed by atoms with E-state index >= 15 is 0 Å². The van der Waals surface area contributed by atoms with Gasteiger partial charge in [-0.2, -0.15) is 0 Å². The summed E-state index contributed by atoms with van der Waals surface area (Å²) in [6, 6.07) is 5.83. The van der Waals surface area contributed by atoms with Crippen LogP contribution < -0.4 is 14.8 Å². The van der Waals surface area contributed by atoms with Gasteiger partial charge in [0.1, 0.15) is 19.0 Å². The summed E-state index contributed by atoms with van der Waals surface area (Å²) in [4.78, 5) is 8.79. The fourth-order valence-electron chi connectivity index (χ4n) is 2.05. The van der Waals surface area contributed by atoms with Crippen LogP contribution in [0.25, 0.3) is 11.3 Å². The summed E-state index contributed by atoms with van der Waals surface area (Å²) in [6.45, 7) is 4.19. The first-order chi connectivity index (χ1) is 9.86. The van der Waals surface area contributed by atoms with Crippen LogP contribution in [0.15, 0.2) is 30.6 Å². The third kappa shape index (κ3) is 2.66. The fourth-order valence-corrected chi connectivity index (χ4v) is 2.05. The predicted octanol–water partition coefficient (Wildman–Crippen LogP) is 2.74. The fraction of sp³-hybridized carbons (Fsp3) is 0.333. The highest BCUT2D eigenvalue weighted by Gasteiger charge is 2.13. The molecule has 5 nitrogen and oxygen atoms in total. The molecule has 1 aliphatic rings. The van der Waals surface area contributed by atoms with Gasteiger partial charge in [0.05, 0.1) is 18.1 Å². The van der Waals surface area contributed by atoms with Crippen molar-refractivity contribution in [2.24, 2.45) is 0 Å². The number of benzene rings is 1. The summed E-state index contributed by atoms with van der Waals surface area (Å²) in [5.41, 5.74) is 1.80. The average Bonchev–Trinajstić information content (AvgIpc) is 2.53. The number of hydrogen-bond donors (Lipinski definition) is 1. The van der Waals surface area contributed by atoms with Crippen molar-refractivity contribution in [2.75, 3.05) is 25.1 Å². The summed E-state index contributed by atoms with van der Waals surface area (Å²) < 4.78 is 11.1. The molecular weight excluding hydrogens is 254 g/mol. The number of hydrogen-bond acceptors (Lipinski definition) is 5. The van der Waals surface area contributed by atoms with E-state index in [2.05, 4.69) is 22.2 Å².